The van der Waals surface area contributed by atoms with Crippen LogP contribution in [0, 0.1) is 0 Å². The summed E-state index contributed by atoms with van der Waals surface area (Å²) in [5.74, 6) is 3.59. The Morgan fingerprint density at radius 1 is 0.148 bits per heavy atom. The zero-order valence-corrected chi connectivity index (χ0v) is 66.1. The van der Waals surface area contributed by atoms with Crippen molar-refractivity contribution in [3.8, 4) is 101 Å². The molecule has 564 valence electrons. The summed E-state index contributed by atoms with van der Waals surface area (Å²) in [6.45, 7) is 0. The van der Waals surface area contributed by atoms with Crippen LogP contribution in [-0.2, 0) is 10.8 Å². The predicted molar refractivity (Wildman–Crippen MR) is 505 cm³/mol. The van der Waals surface area contributed by atoms with Gasteiger partial charge in [-0.15, -0.1) is 0 Å². The van der Waals surface area contributed by atoms with Gasteiger partial charge in [-0.05, 0) is 232 Å². The number of rotatable bonds is 5. The van der Waals surface area contributed by atoms with E-state index in [9.17, 15) is 0 Å². The smallest absolute Gasteiger partial charge is 0.132 e. The first kappa shape index (κ1) is 68.2. The molecule has 23 aromatic rings. The number of hydrogen-bond acceptors (Lipinski definition) is 4. The van der Waals surface area contributed by atoms with E-state index in [-0.39, 0.29) is 0 Å². The van der Waals surface area contributed by atoms with Gasteiger partial charge in [-0.2, -0.15) is 0 Å². The van der Waals surface area contributed by atoms with Gasteiger partial charge >= 0.3 is 0 Å². The summed E-state index contributed by atoms with van der Waals surface area (Å²) in [5, 5.41) is 22.4. The molecule has 0 amide bonds. The molecule has 4 heterocycles. The van der Waals surface area contributed by atoms with Gasteiger partial charge in [0, 0.05) is 54.9 Å². The minimum absolute atomic E-state index is 0.533. The Kier molecular flexibility index (Phi) is 14.7. The number of benzene rings is 21. The highest BCUT2D eigenvalue weighted by molar-refractivity contribution is 6.27. The normalized spacial score (nSPS) is 13.3. The van der Waals surface area contributed by atoms with Crippen LogP contribution in [0.15, 0.2) is 425 Å². The Morgan fingerprint density at radius 2 is 0.434 bits per heavy atom. The number of nitrogens with zero attached hydrogens (tertiary/aromatic N) is 2. The molecule has 0 N–H and O–H groups in total. The summed E-state index contributed by atoms with van der Waals surface area (Å²) >= 11 is 0. The highest BCUT2D eigenvalue weighted by Gasteiger charge is 2.53. The summed E-state index contributed by atoms with van der Waals surface area (Å²) in [4.78, 5) is 11.0. The molecule has 4 nitrogen and oxygen atoms in total. The summed E-state index contributed by atoms with van der Waals surface area (Å²) < 4.78 is 13.3. The first-order valence-corrected chi connectivity index (χ1v) is 42.1. The van der Waals surface area contributed by atoms with E-state index in [0.717, 1.165) is 100 Å². The molecule has 2 spiro atoms. The SMILES string of the molecule is c1ccc(-c2nc3cc(-c4cccc(-c5ccc6c7ccccc7c7ccccc7c6c5)c4)ccc3c3cc4c(cc23)-c2ccccc2C42c3ccccc3Oc3ccccc32)cc1.c1ccc2c(c1)Oc1ccccc1C21c2ccccc2-c2cc3c(-c4ccc(-c5ccc6c7ccccc7c7ccccc7c6c5)cc4)nc4ccccc4c3cc21. The summed E-state index contributed by atoms with van der Waals surface area (Å²) in [7, 11) is 0. The number of hydrogen-bond donors (Lipinski definition) is 0. The first-order chi connectivity index (χ1) is 60.5. The monoisotopic (exact) mass is 1550 g/mol. The molecule has 2 aliphatic heterocycles. The molecular weight excluding hydrogens is 1480 g/mol. The van der Waals surface area contributed by atoms with Gasteiger partial charge in [0.25, 0.3) is 0 Å². The number of aromatic nitrogens is 2. The van der Waals surface area contributed by atoms with E-state index in [1.54, 1.807) is 0 Å². The Labute approximate surface area is 703 Å². The van der Waals surface area contributed by atoms with Gasteiger partial charge in [-0.1, -0.05) is 346 Å². The first-order valence-electron chi connectivity index (χ1n) is 42.1. The zero-order valence-electron chi connectivity index (χ0n) is 66.1. The van der Waals surface area contributed by atoms with Gasteiger partial charge < -0.3 is 9.47 Å². The lowest BCUT2D eigenvalue weighted by molar-refractivity contribution is 0.436. The molecule has 0 saturated heterocycles. The third kappa shape index (κ3) is 9.80. The van der Waals surface area contributed by atoms with E-state index in [4.69, 9.17) is 19.4 Å². The molecule has 0 atom stereocenters. The molecule has 2 aromatic heterocycles. The second kappa shape index (κ2) is 26.3. The van der Waals surface area contributed by atoms with Crippen molar-refractivity contribution in [3.63, 3.8) is 0 Å². The molecule has 4 aliphatic rings. The van der Waals surface area contributed by atoms with E-state index >= 15 is 0 Å². The van der Waals surface area contributed by atoms with Gasteiger partial charge in [-0.3, -0.25) is 0 Å². The van der Waals surface area contributed by atoms with E-state index in [2.05, 4.69) is 425 Å². The van der Waals surface area contributed by atoms with Crippen LogP contribution in [-0.4, -0.2) is 9.97 Å². The fourth-order valence-electron chi connectivity index (χ4n) is 21.7. The molecule has 21 aromatic carbocycles. The maximum absolute atomic E-state index is 6.66. The molecule has 0 radical (unpaired) electrons. The fraction of sp³-hybridized carbons (Fsp3) is 0.0169. The van der Waals surface area contributed by atoms with Gasteiger partial charge in [-0.25, -0.2) is 9.97 Å². The lowest BCUT2D eigenvalue weighted by atomic mass is 9.66. The Hall–Kier alpha value is -15.9. The maximum Gasteiger partial charge on any atom is 0.132 e. The van der Waals surface area contributed by atoms with Crippen LogP contribution in [0.5, 0.6) is 23.0 Å². The van der Waals surface area contributed by atoms with E-state index < -0.39 is 10.8 Å². The lowest BCUT2D eigenvalue weighted by Gasteiger charge is -2.39. The number of para-hydroxylation sites is 5. The van der Waals surface area contributed by atoms with E-state index in [1.165, 1.54) is 153 Å². The molecule has 2 aliphatic carbocycles. The number of pyridine rings is 2. The quantitative estimate of drug-likeness (QED) is 0.161. The van der Waals surface area contributed by atoms with Crippen molar-refractivity contribution in [3.05, 3.63) is 469 Å². The van der Waals surface area contributed by atoms with Crippen molar-refractivity contribution < 1.29 is 9.47 Å². The summed E-state index contributed by atoms with van der Waals surface area (Å²) in [6.07, 6.45) is 0. The van der Waals surface area contributed by atoms with Crippen molar-refractivity contribution in [1.29, 1.82) is 0 Å². The van der Waals surface area contributed by atoms with Crippen LogP contribution >= 0.6 is 0 Å². The molecule has 0 fully saturated rings. The molecule has 4 heteroatoms. The third-order valence-electron chi connectivity index (χ3n) is 27.0. The highest BCUT2D eigenvalue weighted by atomic mass is 16.5. The number of ether oxygens (including phenoxy) is 2. The molecular formula is C118H70N2O2. The van der Waals surface area contributed by atoms with Crippen molar-refractivity contribution in [2.45, 2.75) is 10.8 Å². The van der Waals surface area contributed by atoms with Crippen LogP contribution in [0.25, 0.3) is 186 Å². The molecule has 0 bridgehead atoms. The van der Waals surface area contributed by atoms with Crippen molar-refractivity contribution in [2.24, 2.45) is 0 Å². The molecule has 122 heavy (non-hydrogen) atoms. The number of fused-ring (bicyclic) bond motifs is 36. The Bertz CT molecular complexity index is 8310. The highest BCUT2D eigenvalue weighted by Crippen LogP contribution is 2.65. The van der Waals surface area contributed by atoms with Gasteiger partial charge in [0.05, 0.1) is 33.3 Å². The second-order valence-corrected chi connectivity index (χ2v) is 33.1. The summed E-state index contributed by atoms with van der Waals surface area (Å²) in [6, 6.07) is 155. The Morgan fingerprint density at radius 3 is 0.885 bits per heavy atom. The average Bonchev–Trinajstić information content (AvgIpc) is 1.52. The molecule has 27 rings (SSSR count). The van der Waals surface area contributed by atoms with Crippen LogP contribution in [0.1, 0.15) is 44.5 Å². The summed E-state index contributed by atoms with van der Waals surface area (Å²) in [5.41, 5.74) is 26.8. The largest absolute Gasteiger partial charge is 0.457 e. The molecule has 0 saturated carbocycles. The van der Waals surface area contributed by atoms with Crippen LogP contribution in [0.2, 0.25) is 0 Å². The van der Waals surface area contributed by atoms with Crippen LogP contribution in [0.4, 0.5) is 0 Å². The maximum atomic E-state index is 6.66. The minimum atomic E-state index is -0.559. The van der Waals surface area contributed by atoms with Crippen molar-refractivity contribution in [2.75, 3.05) is 0 Å². The van der Waals surface area contributed by atoms with Gasteiger partial charge in [0.1, 0.15) is 23.0 Å². The standard InChI is InChI=1S/C62H37NO.C56H33NO/c1-2-15-38(16-3-1)61-53-36-52-48-23-8-9-24-54(48)62(55-25-10-12-27-59(55)64-60-28-13-11-26-56(60)62)57(52)37-51(53)49-32-30-42(35-58(49)63-61)40-18-14-17-39(33-40)41-29-31-47-45-21-5-4-19-43(45)44-20-6-7-22-46(44)50(47)34-41;1-2-15-39-37(13-1)38-14-3-4-16-40(38)44-31-36(29-30-41(39)44)34-25-27-35(28-26-34)55-47-32-46-42-17-5-7-19-48(42)56(51(46)33-45(47)43-18-6-10-22-52(43)57-55)49-20-8-11-23-53(49)58-54-24-12-9-21-50(54)56/h1-37H;1-33H. The third-order valence-corrected chi connectivity index (χ3v) is 27.0. The average molecular weight is 1550 g/mol. The van der Waals surface area contributed by atoms with Crippen molar-refractivity contribution >= 4 is 108 Å². The van der Waals surface area contributed by atoms with E-state index in [0.29, 0.717) is 0 Å². The van der Waals surface area contributed by atoms with Crippen LogP contribution < -0.4 is 9.47 Å². The second-order valence-electron chi connectivity index (χ2n) is 33.1. The van der Waals surface area contributed by atoms with Gasteiger partial charge in [0.15, 0.2) is 0 Å². The lowest BCUT2D eigenvalue weighted by Crippen LogP contribution is -2.32. The van der Waals surface area contributed by atoms with Crippen molar-refractivity contribution in [1.82, 2.24) is 9.97 Å². The zero-order chi connectivity index (χ0) is 79.9. The fourth-order valence-corrected chi connectivity index (χ4v) is 21.7. The predicted octanol–water partition coefficient (Wildman–Crippen LogP) is 31.0. The van der Waals surface area contributed by atoms with E-state index in [1.807, 2.05) is 0 Å². The Balaban J connectivity index is 0.000000132. The van der Waals surface area contributed by atoms with Crippen LogP contribution in [0.3, 0.4) is 0 Å². The topological polar surface area (TPSA) is 44.2 Å². The minimum Gasteiger partial charge on any atom is -0.457 e. The van der Waals surface area contributed by atoms with Gasteiger partial charge in [0.2, 0.25) is 0 Å². The molecule has 0 unspecified atom stereocenters.